The lowest BCUT2D eigenvalue weighted by Gasteiger charge is -2.17. The zero-order valence-electron chi connectivity index (χ0n) is 11.0. The highest BCUT2D eigenvalue weighted by atomic mass is 16.5. The van der Waals surface area contributed by atoms with Crippen LogP contribution in [0.3, 0.4) is 0 Å². The third-order valence-electron chi connectivity index (χ3n) is 3.15. The van der Waals surface area contributed by atoms with Gasteiger partial charge in [-0.1, -0.05) is 12.1 Å². The molecule has 1 saturated carbocycles. The molecule has 1 aromatic rings. The number of carbonyl (C=O) groups excluding carboxylic acids is 1. The van der Waals surface area contributed by atoms with Gasteiger partial charge in [0.05, 0.1) is 7.11 Å². The molecule has 0 heterocycles. The van der Waals surface area contributed by atoms with Gasteiger partial charge in [0, 0.05) is 19.6 Å². The van der Waals surface area contributed by atoms with Gasteiger partial charge in [0.2, 0.25) is 0 Å². The molecule has 0 aromatic heterocycles. The van der Waals surface area contributed by atoms with Gasteiger partial charge in [-0.25, -0.2) is 4.79 Å². The zero-order valence-corrected chi connectivity index (χ0v) is 11.0. The van der Waals surface area contributed by atoms with Crippen molar-refractivity contribution < 1.29 is 9.53 Å². The second kappa shape index (κ2) is 5.76. The van der Waals surface area contributed by atoms with Crippen molar-refractivity contribution in [3.8, 4) is 5.75 Å². The van der Waals surface area contributed by atoms with Gasteiger partial charge in [-0.05, 0) is 37.0 Å². The summed E-state index contributed by atoms with van der Waals surface area (Å²) in [4.78, 5) is 13.4. The molecule has 2 rings (SSSR count). The highest BCUT2D eigenvalue weighted by Gasteiger charge is 2.24. The van der Waals surface area contributed by atoms with Crippen LogP contribution in [0.15, 0.2) is 24.3 Å². The molecule has 18 heavy (non-hydrogen) atoms. The maximum atomic E-state index is 11.7. The number of likely N-dealkylation sites (N-methyl/N-ethyl adjacent to an activating group) is 1. The molecule has 0 radical (unpaired) electrons. The van der Waals surface area contributed by atoms with E-state index in [-0.39, 0.29) is 6.03 Å². The van der Waals surface area contributed by atoms with Crippen molar-refractivity contribution in [2.75, 3.05) is 20.7 Å². The van der Waals surface area contributed by atoms with Gasteiger partial charge >= 0.3 is 6.03 Å². The number of ether oxygens (including phenoxy) is 1. The van der Waals surface area contributed by atoms with E-state index < -0.39 is 0 Å². The van der Waals surface area contributed by atoms with Gasteiger partial charge < -0.3 is 15.0 Å². The van der Waals surface area contributed by atoms with Crippen LogP contribution < -0.4 is 10.1 Å². The van der Waals surface area contributed by atoms with E-state index in [0.717, 1.165) is 31.6 Å². The van der Waals surface area contributed by atoms with Crippen molar-refractivity contribution in [1.29, 1.82) is 0 Å². The molecule has 1 aliphatic carbocycles. The van der Waals surface area contributed by atoms with Gasteiger partial charge in [0.1, 0.15) is 5.75 Å². The minimum absolute atomic E-state index is 0.0333. The average molecular weight is 248 g/mol. The maximum Gasteiger partial charge on any atom is 0.317 e. The minimum Gasteiger partial charge on any atom is -0.497 e. The lowest BCUT2D eigenvalue weighted by Crippen LogP contribution is -2.39. The molecule has 0 atom stereocenters. The van der Waals surface area contributed by atoms with Crippen LogP contribution >= 0.6 is 0 Å². The van der Waals surface area contributed by atoms with Crippen LogP contribution in [0, 0.1) is 0 Å². The van der Waals surface area contributed by atoms with E-state index in [1.807, 2.05) is 31.3 Å². The molecule has 1 aromatic carbocycles. The lowest BCUT2D eigenvalue weighted by molar-refractivity contribution is 0.209. The second-order valence-corrected chi connectivity index (χ2v) is 4.74. The third kappa shape index (κ3) is 3.65. The van der Waals surface area contributed by atoms with E-state index in [1.54, 1.807) is 12.0 Å². The van der Waals surface area contributed by atoms with Crippen molar-refractivity contribution in [3.63, 3.8) is 0 Å². The quantitative estimate of drug-likeness (QED) is 0.866. The van der Waals surface area contributed by atoms with E-state index in [1.165, 1.54) is 5.56 Å². The number of methoxy groups -OCH3 is 1. The Labute approximate surface area is 108 Å². The lowest BCUT2D eigenvalue weighted by atomic mass is 10.1. The molecule has 4 heteroatoms. The highest BCUT2D eigenvalue weighted by Crippen LogP contribution is 2.18. The van der Waals surface area contributed by atoms with Crippen LogP contribution in [0.4, 0.5) is 4.79 Å². The Morgan fingerprint density at radius 2 is 2.06 bits per heavy atom. The third-order valence-corrected chi connectivity index (χ3v) is 3.15. The summed E-state index contributed by atoms with van der Waals surface area (Å²) >= 11 is 0. The standard InChI is InChI=1S/C14H20N2O2/c1-16(14(17)15-12-5-6-12)10-9-11-3-7-13(18-2)8-4-11/h3-4,7-8,12H,5-6,9-10H2,1-2H3,(H,15,17). The predicted octanol–water partition coefficient (Wildman–Crippen LogP) is 2.04. The predicted molar refractivity (Wildman–Crippen MR) is 70.9 cm³/mol. The Bertz CT molecular complexity index is 399. The van der Waals surface area contributed by atoms with E-state index >= 15 is 0 Å². The Kier molecular flexibility index (Phi) is 4.07. The maximum absolute atomic E-state index is 11.7. The van der Waals surface area contributed by atoms with Crippen LogP contribution in [-0.4, -0.2) is 37.7 Å². The number of rotatable bonds is 5. The second-order valence-electron chi connectivity index (χ2n) is 4.74. The number of hydrogen-bond donors (Lipinski definition) is 1. The number of hydrogen-bond acceptors (Lipinski definition) is 2. The average Bonchev–Trinajstić information content (AvgIpc) is 3.20. The van der Waals surface area contributed by atoms with Crippen molar-refractivity contribution >= 4 is 6.03 Å². The van der Waals surface area contributed by atoms with Crippen LogP contribution in [0.5, 0.6) is 5.75 Å². The zero-order chi connectivity index (χ0) is 13.0. The van der Waals surface area contributed by atoms with Crippen LogP contribution in [0.25, 0.3) is 0 Å². The smallest absolute Gasteiger partial charge is 0.317 e. The number of nitrogens with one attached hydrogen (secondary N) is 1. The van der Waals surface area contributed by atoms with Crippen molar-refractivity contribution in [2.45, 2.75) is 25.3 Å². The first-order valence-corrected chi connectivity index (χ1v) is 6.33. The molecule has 0 bridgehead atoms. The van der Waals surface area contributed by atoms with E-state index in [0.29, 0.717) is 6.04 Å². The summed E-state index contributed by atoms with van der Waals surface area (Å²) in [5, 5.41) is 2.98. The molecule has 0 unspecified atom stereocenters. The summed E-state index contributed by atoms with van der Waals surface area (Å²) in [6.45, 7) is 0.727. The Balaban J connectivity index is 1.76. The van der Waals surface area contributed by atoms with Crippen molar-refractivity contribution in [3.05, 3.63) is 29.8 Å². The van der Waals surface area contributed by atoms with Gasteiger partial charge in [-0.3, -0.25) is 0 Å². The summed E-state index contributed by atoms with van der Waals surface area (Å²) in [6, 6.07) is 8.41. The fourth-order valence-electron chi connectivity index (χ4n) is 1.70. The Morgan fingerprint density at radius 1 is 1.39 bits per heavy atom. The number of amides is 2. The van der Waals surface area contributed by atoms with Crippen molar-refractivity contribution in [1.82, 2.24) is 10.2 Å². The van der Waals surface area contributed by atoms with Gasteiger partial charge in [0.15, 0.2) is 0 Å². The van der Waals surface area contributed by atoms with E-state index in [2.05, 4.69) is 5.32 Å². The van der Waals surface area contributed by atoms with E-state index in [9.17, 15) is 4.79 Å². The monoisotopic (exact) mass is 248 g/mol. The molecule has 1 N–H and O–H groups in total. The molecule has 0 saturated heterocycles. The molecule has 1 fully saturated rings. The molecule has 0 aliphatic heterocycles. The number of carbonyl (C=O) groups is 1. The number of urea groups is 1. The summed E-state index contributed by atoms with van der Waals surface area (Å²) in [7, 11) is 3.49. The van der Waals surface area contributed by atoms with Crippen molar-refractivity contribution in [2.24, 2.45) is 0 Å². The minimum atomic E-state index is 0.0333. The molecule has 1 aliphatic rings. The summed E-state index contributed by atoms with van der Waals surface area (Å²) in [6.07, 6.45) is 3.11. The SMILES string of the molecule is COc1ccc(CCN(C)C(=O)NC2CC2)cc1. The number of benzene rings is 1. The topological polar surface area (TPSA) is 41.6 Å². The molecular formula is C14H20N2O2. The molecule has 0 spiro atoms. The molecular weight excluding hydrogens is 228 g/mol. The van der Waals surface area contributed by atoms with E-state index in [4.69, 9.17) is 4.74 Å². The van der Waals surface area contributed by atoms with Gasteiger partial charge in [-0.2, -0.15) is 0 Å². The molecule has 2 amide bonds. The highest BCUT2D eigenvalue weighted by molar-refractivity contribution is 5.74. The van der Waals surface area contributed by atoms with Gasteiger partial charge in [-0.15, -0.1) is 0 Å². The van der Waals surface area contributed by atoms with Crippen LogP contribution in [0.1, 0.15) is 18.4 Å². The summed E-state index contributed by atoms with van der Waals surface area (Å²) in [5.41, 5.74) is 1.21. The fourth-order valence-corrected chi connectivity index (χ4v) is 1.70. The normalized spacial score (nSPS) is 14.1. The fraction of sp³-hybridized carbons (Fsp3) is 0.500. The first-order valence-electron chi connectivity index (χ1n) is 6.33. The largest absolute Gasteiger partial charge is 0.497 e. The van der Waals surface area contributed by atoms with Crippen LogP contribution in [-0.2, 0) is 6.42 Å². The Hall–Kier alpha value is -1.71. The first-order chi connectivity index (χ1) is 8.69. The van der Waals surface area contributed by atoms with Gasteiger partial charge in [0.25, 0.3) is 0 Å². The summed E-state index contributed by atoms with van der Waals surface area (Å²) in [5.74, 6) is 0.860. The Morgan fingerprint density at radius 3 is 2.61 bits per heavy atom. The molecule has 4 nitrogen and oxygen atoms in total. The summed E-state index contributed by atoms with van der Waals surface area (Å²) < 4.78 is 5.11. The molecule has 98 valence electrons. The number of nitrogens with zero attached hydrogens (tertiary/aromatic N) is 1. The van der Waals surface area contributed by atoms with Crippen LogP contribution in [0.2, 0.25) is 0 Å². The first kappa shape index (κ1) is 12.7.